The topological polar surface area (TPSA) is 110 Å². The van der Waals surface area contributed by atoms with Crippen LogP contribution in [-0.2, 0) is 9.59 Å². The van der Waals surface area contributed by atoms with Gasteiger partial charge in [0.2, 0.25) is 29.0 Å². The first-order chi connectivity index (χ1) is 19.7. The number of carbonyl (C=O) groups is 2. The van der Waals surface area contributed by atoms with Crippen molar-refractivity contribution in [2.75, 3.05) is 49.1 Å². The molecule has 2 fully saturated rings. The van der Waals surface area contributed by atoms with E-state index in [-0.39, 0.29) is 40.3 Å². The van der Waals surface area contributed by atoms with Crippen LogP contribution < -0.4 is 20.4 Å². The van der Waals surface area contributed by atoms with E-state index in [4.69, 9.17) is 16.6 Å². The lowest BCUT2D eigenvalue weighted by Crippen LogP contribution is -2.70. The third-order valence-electron chi connectivity index (χ3n) is 8.68. The lowest BCUT2D eigenvalue weighted by atomic mass is 9.90. The van der Waals surface area contributed by atoms with Crippen molar-refractivity contribution < 1.29 is 9.59 Å². The lowest BCUT2D eigenvalue weighted by molar-refractivity contribution is -0.143. The summed E-state index contributed by atoms with van der Waals surface area (Å²) in [5.74, 6) is 1.17. The van der Waals surface area contributed by atoms with Crippen molar-refractivity contribution in [3.63, 3.8) is 0 Å². The first-order valence-corrected chi connectivity index (χ1v) is 16.2. The minimum absolute atomic E-state index is 0.0852. The van der Waals surface area contributed by atoms with Crippen LogP contribution in [0.4, 0.5) is 11.9 Å². The SMILES string of the molecule is CCC(C)N(CCN1CC(C)(C)NC(C)(C)C1=O)c1nc(Cl)nc(N(CCN2CC(C)(C)NC(C)(C)C2=O)C(C)CC)n1. The second-order valence-corrected chi connectivity index (χ2v) is 15.2. The molecule has 2 saturated heterocycles. The van der Waals surface area contributed by atoms with Crippen molar-refractivity contribution in [1.82, 2.24) is 35.4 Å². The highest BCUT2D eigenvalue weighted by Crippen LogP contribution is 2.26. The van der Waals surface area contributed by atoms with Gasteiger partial charge in [-0.25, -0.2) is 0 Å². The summed E-state index contributed by atoms with van der Waals surface area (Å²) in [6.45, 7) is 28.2. The van der Waals surface area contributed by atoms with Crippen LogP contribution in [0.15, 0.2) is 0 Å². The highest BCUT2D eigenvalue weighted by atomic mass is 35.5. The Balaban J connectivity index is 1.88. The molecule has 0 radical (unpaired) electrons. The quantitative estimate of drug-likeness (QED) is 0.361. The largest absolute Gasteiger partial charge is 0.338 e. The monoisotopic (exact) mass is 621 g/mol. The Morgan fingerprint density at radius 1 is 0.721 bits per heavy atom. The Morgan fingerprint density at radius 3 is 1.40 bits per heavy atom. The van der Waals surface area contributed by atoms with Crippen LogP contribution in [-0.4, -0.2) is 110 Å². The molecule has 0 aliphatic carbocycles. The Hall–Kier alpha value is -2.24. The van der Waals surface area contributed by atoms with Crippen LogP contribution in [0.2, 0.25) is 5.28 Å². The summed E-state index contributed by atoms with van der Waals surface area (Å²) in [4.78, 5) is 48.8. The third kappa shape index (κ3) is 8.48. The number of aromatic nitrogens is 3. The molecule has 12 heteroatoms. The summed E-state index contributed by atoms with van der Waals surface area (Å²) >= 11 is 6.57. The molecule has 2 amide bonds. The predicted octanol–water partition coefficient (Wildman–Crippen LogP) is 3.71. The number of amides is 2. The molecule has 0 saturated carbocycles. The van der Waals surface area contributed by atoms with Gasteiger partial charge in [0.05, 0.1) is 11.1 Å². The van der Waals surface area contributed by atoms with Gasteiger partial charge in [0.1, 0.15) is 0 Å². The second-order valence-electron chi connectivity index (χ2n) is 14.8. The molecule has 2 aliphatic rings. The number of rotatable bonds is 12. The summed E-state index contributed by atoms with van der Waals surface area (Å²) < 4.78 is 0. The zero-order valence-corrected chi connectivity index (χ0v) is 29.4. The molecule has 2 aliphatic heterocycles. The van der Waals surface area contributed by atoms with Crippen LogP contribution in [0.1, 0.15) is 95.9 Å². The number of nitrogens with one attached hydrogen (secondary N) is 2. The van der Waals surface area contributed by atoms with Crippen molar-refractivity contribution in [2.45, 2.75) is 130 Å². The predicted molar refractivity (Wildman–Crippen MR) is 175 cm³/mol. The van der Waals surface area contributed by atoms with E-state index in [1.54, 1.807) is 0 Å². The maximum absolute atomic E-state index is 13.3. The molecule has 0 bridgehead atoms. The van der Waals surface area contributed by atoms with Gasteiger partial charge in [-0.1, -0.05) is 13.8 Å². The van der Waals surface area contributed by atoms with Crippen molar-refractivity contribution in [3.8, 4) is 0 Å². The van der Waals surface area contributed by atoms with Gasteiger partial charge in [0, 0.05) is 62.4 Å². The minimum Gasteiger partial charge on any atom is -0.338 e. The minimum atomic E-state index is -0.639. The molecule has 11 nitrogen and oxygen atoms in total. The number of piperazine rings is 2. The van der Waals surface area contributed by atoms with E-state index in [0.717, 1.165) is 12.8 Å². The summed E-state index contributed by atoms with van der Waals surface area (Å²) in [5.41, 5.74) is -1.68. The van der Waals surface area contributed by atoms with Crippen molar-refractivity contribution >= 4 is 35.3 Å². The number of nitrogens with zero attached hydrogens (tertiary/aromatic N) is 7. The highest BCUT2D eigenvalue weighted by Gasteiger charge is 2.44. The van der Waals surface area contributed by atoms with Crippen molar-refractivity contribution in [2.24, 2.45) is 0 Å². The van der Waals surface area contributed by atoms with Crippen LogP contribution in [0, 0.1) is 0 Å². The third-order valence-corrected chi connectivity index (χ3v) is 8.85. The fraction of sp³-hybridized carbons (Fsp3) is 0.839. The van der Waals surface area contributed by atoms with Crippen LogP contribution in [0.5, 0.6) is 0 Å². The standard InChI is InChI=1S/C31H56ClN9O2/c1-13-21(3)40(17-15-38-19-28(5,6)36-30(9,10)23(38)42)26-33-25(32)34-27(35-26)41(22(4)14-2)18-16-39-20-29(7,8)37-31(11,12)24(39)43/h21-22,36-37H,13-20H2,1-12H3. The van der Waals surface area contributed by atoms with Crippen molar-refractivity contribution in [1.29, 1.82) is 0 Å². The molecule has 3 heterocycles. The molecule has 2 N–H and O–H groups in total. The fourth-order valence-electron chi connectivity index (χ4n) is 6.65. The number of carbonyl (C=O) groups excluding carboxylic acids is 2. The number of hydrogen-bond acceptors (Lipinski definition) is 9. The van der Waals surface area contributed by atoms with E-state index in [1.165, 1.54) is 0 Å². The van der Waals surface area contributed by atoms with Gasteiger partial charge in [-0.15, -0.1) is 0 Å². The molecule has 1 aromatic rings. The summed E-state index contributed by atoms with van der Waals surface area (Å²) in [6.07, 6.45) is 1.74. The van der Waals surface area contributed by atoms with Gasteiger partial charge >= 0.3 is 0 Å². The van der Waals surface area contributed by atoms with Gasteiger partial charge in [-0.05, 0) is 93.7 Å². The van der Waals surface area contributed by atoms with Gasteiger partial charge < -0.3 is 19.6 Å². The fourth-order valence-corrected chi connectivity index (χ4v) is 6.80. The van der Waals surface area contributed by atoms with Crippen LogP contribution in [0.3, 0.4) is 0 Å². The number of halogens is 1. The molecule has 2 unspecified atom stereocenters. The average Bonchev–Trinajstić information content (AvgIpc) is 2.87. The highest BCUT2D eigenvalue weighted by molar-refractivity contribution is 6.28. The van der Waals surface area contributed by atoms with E-state index >= 15 is 0 Å². The molecule has 43 heavy (non-hydrogen) atoms. The number of anilines is 2. The van der Waals surface area contributed by atoms with E-state index in [1.807, 2.05) is 37.5 Å². The average molecular weight is 622 g/mol. The molecule has 0 aromatic carbocycles. The lowest BCUT2D eigenvalue weighted by Gasteiger charge is -2.48. The van der Waals surface area contributed by atoms with E-state index in [2.05, 4.69) is 85.8 Å². The Bertz CT molecular complexity index is 1070. The van der Waals surface area contributed by atoms with E-state index in [0.29, 0.717) is 51.2 Å². The van der Waals surface area contributed by atoms with Crippen LogP contribution >= 0.6 is 11.6 Å². The number of hydrogen-bond donors (Lipinski definition) is 2. The summed E-state index contributed by atoms with van der Waals surface area (Å²) in [5, 5.41) is 7.06. The Labute approximate surface area is 264 Å². The Kier molecular flexibility index (Phi) is 10.7. The molecule has 2 atom stereocenters. The molecule has 0 spiro atoms. The van der Waals surface area contributed by atoms with Gasteiger partial charge in [0.25, 0.3) is 0 Å². The van der Waals surface area contributed by atoms with Gasteiger partial charge in [0.15, 0.2) is 0 Å². The maximum atomic E-state index is 13.3. The zero-order valence-electron chi connectivity index (χ0n) is 28.6. The Morgan fingerprint density at radius 2 is 1.07 bits per heavy atom. The van der Waals surface area contributed by atoms with Crippen LogP contribution in [0.25, 0.3) is 0 Å². The molecule has 3 rings (SSSR count). The smallest absolute Gasteiger partial charge is 0.242 e. The summed E-state index contributed by atoms with van der Waals surface area (Å²) in [6, 6.07) is 0.232. The second kappa shape index (κ2) is 13.0. The van der Waals surface area contributed by atoms with E-state index < -0.39 is 11.1 Å². The molecule has 244 valence electrons. The molecular weight excluding hydrogens is 566 g/mol. The van der Waals surface area contributed by atoms with E-state index in [9.17, 15) is 9.59 Å². The zero-order chi connectivity index (χ0) is 32.5. The van der Waals surface area contributed by atoms with Crippen molar-refractivity contribution in [3.05, 3.63) is 5.28 Å². The molecule has 1 aromatic heterocycles. The summed E-state index contributed by atoms with van der Waals surface area (Å²) in [7, 11) is 0. The first kappa shape index (κ1) is 35.2. The normalized spacial score (nSPS) is 22.3. The maximum Gasteiger partial charge on any atom is 0.242 e. The molecular formula is C31H56ClN9O2. The van der Waals surface area contributed by atoms with Gasteiger partial charge in [-0.3, -0.25) is 20.2 Å². The van der Waals surface area contributed by atoms with Gasteiger partial charge in [-0.2, -0.15) is 15.0 Å². The first-order valence-electron chi connectivity index (χ1n) is 15.8.